The molecular formula is C18H28N5O7P. The maximum Gasteiger partial charge on any atom is 0.359 e. The number of hydrogen-bond acceptors (Lipinski definition) is 10. The first-order valence-electron chi connectivity index (χ1n) is 10.1. The summed E-state index contributed by atoms with van der Waals surface area (Å²) in [5.41, 5.74) is 5.07. The van der Waals surface area contributed by atoms with Crippen molar-refractivity contribution in [3.05, 3.63) is 12.2 Å². The number of rotatable bonds is 6. The number of anilines is 1. The minimum atomic E-state index is -4.55. The predicted molar refractivity (Wildman–Crippen MR) is 109 cm³/mol. The van der Waals surface area contributed by atoms with Crippen molar-refractivity contribution in [1.29, 1.82) is 0 Å². The number of fused-ring (bicyclic) bond motifs is 6. The van der Waals surface area contributed by atoms with E-state index in [4.69, 9.17) is 15.0 Å². The Labute approximate surface area is 178 Å². The van der Waals surface area contributed by atoms with Gasteiger partial charge in [-0.25, -0.2) is 15.0 Å². The maximum absolute atomic E-state index is 13.1. The van der Waals surface area contributed by atoms with Crippen LogP contribution < -0.4 is 5.73 Å². The standard InChI is InChI=1S/C18H28N5O7P/c1-5-18(26,6-2)31(27,28)30-17(3,4)8-12-10(24)11(25)16(29-12)23-14(8)22-9-13(19)20-7-21-15(9)23/h7-8,10-12,16,24-26H,5-6H2,1-4H3,(H,27,28)(H2,19,20,21)/t8-,10+,11-,12?,16-/m1/s1. The number of ether oxygens (including phenoxy) is 1. The van der Waals surface area contributed by atoms with Crippen molar-refractivity contribution in [2.24, 2.45) is 0 Å². The molecule has 4 heterocycles. The molecule has 0 aromatic carbocycles. The van der Waals surface area contributed by atoms with Crippen LogP contribution in [0.4, 0.5) is 5.82 Å². The Bertz CT molecular complexity index is 1060. The lowest BCUT2D eigenvalue weighted by Crippen LogP contribution is -2.47. The molecule has 31 heavy (non-hydrogen) atoms. The van der Waals surface area contributed by atoms with Crippen LogP contribution in [0.5, 0.6) is 0 Å². The monoisotopic (exact) mass is 457 g/mol. The van der Waals surface area contributed by atoms with Gasteiger partial charge in [0.05, 0.1) is 11.5 Å². The molecule has 13 heteroatoms. The van der Waals surface area contributed by atoms with Crippen molar-refractivity contribution in [3.63, 3.8) is 0 Å². The molecule has 12 nitrogen and oxygen atoms in total. The van der Waals surface area contributed by atoms with Gasteiger partial charge in [0.1, 0.15) is 30.5 Å². The van der Waals surface area contributed by atoms with Gasteiger partial charge in [0, 0.05) is 0 Å². The second kappa shape index (κ2) is 7.17. The minimum absolute atomic E-state index is 0.00595. The number of aliphatic hydroxyl groups is 3. The number of nitrogens with zero attached hydrogens (tertiary/aromatic N) is 4. The van der Waals surface area contributed by atoms with Crippen molar-refractivity contribution < 1.29 is 34.0 Å². The third-order valence-electron chi connectivity index (χ3n) is 6.44. The number of hydrogen-bond donors (Lipinski definition) is 5. The van der Waals surface area contributed by atoms with E-state index in [0.717, 1.165) is 0 Å². The van der Waals surface area contributed by atoms with Crippen LogP contribution in [0, 0.1) is 0 Å². The van der Waals surface area contributed by atoms with E-state index in [0.29, 0.717) is 11.5 Å². The fraction of sp³-hybridized carbons (Fsp3) is 0.722. The number of nitrogens with two attached hydrogens (primary N) is 1. The third kappa shape index (κ3) is 3.12. The summed E-state index contributed by atoms with van der Waals surface area (Å²) in [4.78, 5) is 23.4. The first-order valence-corrected chi connectivity index (χ1v) is 11.7. The number of aliphatic hydroxyl groups excluding tert-OH is 2. The Morgan fingerprint density at radius 1 is 1.26 bits per heavy atom. The topological polar surface area (TPSA) is 186 Å². The molecule has 1 saturated heterocycles. The molecule has 2 unspecified atom stereocenters. The zero-order chi connectivity index (χ0) is 22.9. The first kappa shape index (κ1) is 22.5. The molecule has 2 bridgehead atoms. The average Bonchev–Trinajstić information content (AvgIpc) is 3.20. The molecule has 2 aromatic rings. The smallest absolute Gasteiger partial charge is 0.359 e. The summed E-state index contributed by atoms with van der Waals surface area (Å²) in [6.45, 7) is 6.28. The van der Waals surface area contributed by atoms with Gasteiger partial charge in [-0.3, -0.25) is 13.7 Å². The van der Waals surface area contributed by atoms with E-state index >= 15 is 0 Å². The van der Waals surface area contributed by atoms with Gasteiger partial charge in [0.2, 0.25) is 0 Å². The molecule has 2 aromatic heterocycles. The van der Waals surface area contributed by atoms with E-state index in [-0.39, 0.29) is 24.2 Å². The Morgan fingerprint density at radius 3 is 2.52 bits per heavy atom. The van der Waals surface area contributed by atoms with Crippen LogP contribution in [0.2, 0.25) is 0 Å². The SMILES string of the molecule is CCC(O)(CC)P(=O)(O)OC(C)(C)[C@H]1c2nc3c(N)ncnc3n2[C@@H]2OC1[C@@H](O)[C@H]2O. The minimum Gasteiger partial charge on any atom is -0.387 e. The summed E-state index contributed by atoms with van der Waals surface area (Å²) >= 11 is 0. The molecule has 6 atom stereocenters. The number of aromatic nitrogens is 4. The Hall–Kier alpha value is -1.66. The largest absolute Gasteiger partial charge is 0.387 e. The number of imidazole rings is 1. The highest BCUT2D eigenvalue weighted by Crippen LogP contribution is 2.62. The molecule has 1 fully saturated rings. The van der Waals surface area contributed by atoms with E-state index in [1.165, 1.54) is 10.9 Å². The van der Waals surface area contributed by atoms with Crippen LogP contribution in [0.3, 0.4) is 0 Å². The van der Waals surface area contributed by atoms with Gasteiger partial charge in [-0.05, 0) is 26.7 Å². The van der Waals surface area contributed by atoms with Crippen LogP contribution in [0.25, 0.3) is 11.2 Å². The van der Waals surface area contributed by atoms with Gasteiger partial charge in [-0.15, -0.1) is 0 Å². The first-order chi connectivity index (χ1) is 14.4. The molecule has 2 aliphatic heterocycles. The van der Waals surface area contributed by atoms with Gasteiger partial charge < -0.3 is 30.7 Å². The Kier molecular flexibility index (Phi) is 5.21. The van der Waals surface area contributed by atoms with Crippen molar-refractivity contribution in [2.75, 3.05) is 5.73 Å². The van der Waals surface area contributed by atoms with Crippen molar-refractivity contribution >= 4 is 24.6 Å². The second-order valence-electron chi connectivity index (χ2n) is 8.63. The highest BCUT2D eigenvalue weighted by molar-refractivity contribution is 7.54. The molecule has 0 amide bonds. The van der Waals surface area contributed by atoms with Gasteiger partial charge in [-0.1, -0.05) is 13.8 Å². The van der Waals surface area contributed by atoms with Crippen LogP contribution in [0.1, 0.15) is 58.5 Å². The lowest BCUT2D eigenvalue weighted by molar-refractivity contribution is -0.104. The van der Waals surface area contributed by atoms with Crippen LogP contribution >= 0.6 is 7.60 Å². The number of nitrogen functional groups attached to an aromatic ring is 1. The normalized spacial score (nSPS) is 30.4. The van der Waals surface area contributed by atoms with Gasteiger partial charge in [0.25, 0.3) is 0 Å². The van der Waals surface area contributed by atoms with Gasteiger partial charge in [0.15, 0.2) is 28.6 Å². The molecule has 0 spiro atoms. The second-order valence-corrected chi connectivity index (χ2v) is 10.7. The molecule has 0 radical (unpaired) electrons. The Balaban J connectivity index is 1.86. The zero-order valence-corrected chi connectivity index (χ0v) is 18.6. The summed E-state index contributed by atoms with van der Waals surface area (Å²) in [5, 5.41) is 30.0. The van der Waals surface area contributed by atoms with E-state index < -0.39 is 49.0 Å². The average molecular weight is 457 g/mol. The fourth-order valence-electron chi connectivity index (χ4n) is 4.55. The van der Waals surface area contributed by atoms with Gasteiger partial charge >= 0.3 is 7.60 Å². The van der Waals surface area contributed by atoms with E-state index in [1.807, 2.05) is 0 Å². The van der Waals surface area contributed by atoms with Crippen LogP contribution in [-0.2, 0) is 13.8 Å². The summed E-state index contributed by atoms with van der Waals surface area (Å²) in [5.74, 6) is -0.460. The van der Waals surface area contributed by atoms with Crippen LogP contribution in [-0.4, -0.2) is 69.0 Å². The quantitative estimate of drug-likeness (QED) is 0.383. The highest BCUT2D eigenvalue weighted by Gasteiger charge is 2.60. The summed E-state index contributed by atoms with van der Waals surface area (Å²) in [6.07, 6.45) is -3.28. The summed E-state index contributed by atoms with van der Waals surface area (Å²) < 4.78 is 26.2. The van der Waals surface area contributed by atoms with Crippen LogP contribution in [0.15, 0.2) is 6.33 Å². The third-order valence-corrected chi connectivity index (χ3v) is 8.84. The van der Waals surface area contributed by atoms with E-state index in [2.05, 4.69) is 15.0 Å². The predicted octanol–water partition coefficient (Wildman–Crippen LogP) is 0.614. The molecule has 4 rings (SSSR count). The fourth-order valence-corrected chi connectivity index (χ4v) is 6.27. The highest BCUT2D eigenvalue weighted by atomic mass is 31.2. The lowest BCUT2D eigenvalue weighted by Gasteiger charge is -2.43. The maximum atomic E-state index is 13.1. The molecule has 0 aliphatic carbocycles. The van der Waals surface area contributed by atoms with E-state index in [1.54, 1.807) is 27.7 Å². The molecular weight excluding hydrogens is 429 g/mol. The van der Waals surface area contributed by atoms with Crippen molar-refractivity contribution in [3.8, 4) is 0 Å². The zero-order valence-electron chi connectivity index (χ0n) is 17.7. The lowest BCUT2D eigenvalue weighted by atomic mass is 9.83. The van der Waals surface area contributed by atoms with E-state index in [9.17, 15) is 24.8 Å². The molecule has 2 aliphatic rings. The Morgan fingerprint density at radius 2 is 1.90 bits per heavy atom. The van der Waals surface area contributed by atoms with Crippen molar-refractivity contribution in [1.82, 2.24) is 19.5 Å². The summed E-state index contributed by atoms with van der Waals surface area (Å²) in [7, 11) is -4.55. The molecule has 172 valence electrons. The molecule has 6 N–H and O–H groups in total. The summed E-state index contributed by atoms with van der Waals surface area (Å²) in [6, 6.07) is 0. The molecule has 0 saturated carbocycles. The van der Waals surface area contributed by atoms with Crippen molar-refractivity contribution in [2.45, 2.75) is 81.9 Å². The van der Waals surface area contributed by atoms with Gasteiger partial charge in [-0.2, -0.15) is 0 Å².